The highest BCUT2D eigenvalue weighted by atomic mass is 16.5. The second-order valence-electron chi connectivity index (χ2n) is 7.62. The van der Waals surface area contributed by atoms with Crippen LogP contribution in [0.25, 0.3) is 11.1 Å². The quantitative estimate of drug-likeness (QED) is 0.494. The molecule has 0 aliphatic rings. The average Bonchev–Trinajstić information content (AvgIpc) is 2.84. The molecule has 0 saturated carbocycles. The monoisotopic (exact) mass is 448 g/mol. The third-order valence-corrected chi connectivity index (χ3v) is 5.41. The first-order valence-corrected chi connectivity index (χ1v) is 10.8. The summed E-state index contributed by atoms with van der Waals surface area (Å²) in [5.41, 5.74) is 4.16. The van der Waals surface area contributed by atoms with E-state index in [0.29, 0.717) is 0 Å². The van der Waals surface area contributed by atoms with Crippen molar-refractivity contribution in [2.45, 2.75) is 39.3 Å². The number of benzene rings is 2. The maximum atomic E-state index is 12.5. The number of hydrogen-bond donors (Lipinski definition) is 2. The van der Waals surface area contributed by atoms with Crippen LogP contribution in [0.1, 0.15) is 48.5 Å². The Labute approximate surface area is 193 Å². The maximum absolute atomic E-state index is 12.5. The van der Waals surface area contributed by atoms with Crippen molar-refractivity contribution in [3.8, 4) is 22.6 Å². The molecule has 0 saturated heterocycles. The molecule has 2 aromatic carbocycles. The topological polar surface area (TPSA) is 97.8 Å². The number of nitrogens with zero attached hydrogens (tertiary/aromatic N) is 1. The highest BCUT2D eigenvalue weighted by Gasteiger charge is 2.24. The summed E-state index contributed by atoms with van der Waals surface area (Å²) in [4.78, 5) is 28.8. The zero-order valence-electron chi connectivity index (χ0n) is 19.2. The predicted octanol–water partition coefficient (Wildman–Crippen LogP) is 4.45. The zero-order valence-corrected chi connectivity index (χ0v) is 19.2. The molecule has 0 spiro atoms. The van der Waals surface area contributed by atoms with Crippen LogP contribution in [0.4, 0.5) is 0 Å². The van der Waals surface area contributed by atoms with Gasteiger partial charge in [-0.2, -0.15) is 0 Å². The van der Waals surface area contributed by atoms with Crippen molar-refractivity contribution in [2.24, 2.45) is 0 Å². The van der Waals surface area contributed by atoms with Crippen molar-refractivity contribution in [3.05, 3.63) is 77.6 Å². The van der Waals surface area contributed by atoms with Crippen LogP contribution in [0.15, 0.2) is 60.8 Å². The number of ether oxygens (including phenoxy) is 2. The summed E-state index contributed by atoms with van der Waals surface area (Å²) in [7, 11) is 1.37. The molecule has 172 valence electrons. The van der Waals surface area contributed by atoms with Crippen LogP contribution in [-0.4, -0.2) is 35.1 Å². The van der Waals surface area contributed by atoms with E-state index in [1.165, 1.54) is 37.4 Å². The average molecular weight is 449 g/mol. The van der Waals surface area contributed by atoms with Crippen molar-refractivity contribution in [1.82, 2.24) is 10.3 Å². The van der Waals surface area contributed by atoms with Gasteiger partial charge in [0.15, 0.2) is 17.2 Å². The number of aromatic hydroxyl groups is 1. The van der Waals surface area contributed by atoms with Gasteiger partial charge in [-0.25, -0.2) is 9.78 Å². The number of rotatable bonds is 8. The molecule has 0 aliphatic carbocycles. The van der Waals surface area contributed by atoms with E-state index in [0.717, 1.165) is 17.5 Å². The minimum Gasteiger partial charge on any atom is -0.503 e. The highest BCUT2D eigenvalue weighted by Crippen LogP contribution is 2.28. The van der Waals surface area contributed by atoms with E-state index in [2.05, 4.69) is 29.4 Å². The van der Waals surface area contributed by atoms with Crippen molar-refractivity contribution < 1.29 is 24.2 Å². The molecule has 7 nitrogen and oxygen atoms in total. The van der Waals surface area contributed by atoms with Crippen LogP contribution in [0.3, 0.4) is 0 Å². The lowest BCUT2D eigenvalue weighted by Crippen LogP contribution is -2.40. The minimum atomic E-state index is -0.942. The highest BCUT2D eigenvalue weighted by molar-refractivity contribution is 5.97. The molecule has 0 unspecified atom stereocenters. The second kappa shape index (κ2) is 10.6. The lowest BCUT2D eigenvalue weighted by molar-refractivity contribution is -0.150. The van der Waals surface area contributed by atoms with Crippen LogP contribution in [-0.2, 0) is 16.0 Å². The normalized spacial score (nSPS) is 12.5. The number of carbonyl (C=O) groups excluding carboxylic acids is 2. The van der Waals surface area contributed by atoms with E-state index in [-0.39, 0.29) is 11.4 Å². The first-order valence-electron chi connectivity index (χ1n) is 10.8. The van der Waals surface area contributed by atoms with Gasteiger partial charge >= 0.3 is 5.97 Å². The van der Waals surface area contributed by atoms with Gasteiger partial charge in [-0.1, -0.05) is 55.5 Å². The number of carbonyl (C=O) groups is 2. The molecule has 3 aromatic rings. The van der Waals surface area contributed by atoms with E-state index in [9.17, 15) is 14.7 Å². The minimum absolute atomic E-state index is 0.115. The molecule has 7 heteroatoms. The van der Waals surface area contributed by atoms with Crippen molar-refractivity contribution in [1.29, 1.82) is 0 Å². The first kappa shape index (κ1) is 23.8. The molecule has 1 amide bonds. The third-order valence-electron chi connectivity index (χ3n) is 5.41. The molecular formula is C26H28N2O5. The van der Waals surface area contributed by atoms with Gasteiger partial charge in [-0.3, -0.25) is 4.79 Å². The Hall–Kier alpha value is -3.87. The van der Waals surface area contributed by atoms with Crippen LogP contribution in [0, 0.1) is 0 Å². The zero-order chi connectivity index (χ0) is 24.0. The molecule has 0 fully saturated rings. The van der Waals surface area contributed by atoms with Crippen LogP contribution in [0.5, 0.6) is 11.5 Å². The van der Waals surface area contributed by atoms with Gasteiger partial charge in [0.1, 0.15) is 12.1 Å². The fourth-order valence-electron chi connectivity index (χ4n) is 3.48. The third kappa shape index (κ3) is 5.49. The van der Waals surface area contributed by atoms with Crippen LogP contribution < -0.4 is 10.1 Å². The Morgan fingerprint density at radius 2 is 1.76 bits per heavy atom. The van der Waals surface area contributed by atoms with E-state index in [1.807, 2.05) is 36.4 Å². The van der Waals surface area contributed by atoms with Crippen LogP contribution in [0.2, 0.25) is 0 Å². The standard InChI is InChI=1S/C26H28N2O5/c1-5-18-8-6-7-9-21(18)20-12-10-19(11-13-20)17(3)33-26(31)16(2)28-25(30)23-24(29)22(32-4)14-15-27-23/h6-17,29H,5H2,1-4H3,(H,28,30)/t16-,17-/m0/s1. The van der Waals surface area contributed by atoms with Crippen molar-refractivity contribution >= 4 is 11.9 Å². The Bertz CT molecular complexity index is 1130. The fraction of sp³-hybridized carbons (Fsp3) is 0.269. The molecule has 1 aromatic heterocycles. The number of esters is 1. The lowest BCUT2D eigenvalue weighted by atomic mass is 9.97. The second-order valence-corrected chi connectivity index (χ2v) is 7.62. The molecule has 1 heterocycles. The van der Waals surface area contributed by atoms with E-state index >= 15 is 0 Å². The molecule has 2 N–H and O–H groups in total. The fourth-order valence-corrected chi connectivity index (χ4v) is 3.48. The summed E-state index contributed by atoms with van der Waals surface area (Å²) in [6.07, 6.45) is 1.77. The molecule has 0 aliphatic heterocycles. The van der Waals surface area contributed by atoms with Gasteiger partial charge in [0.25, 0.3) is 5.91 Å². The summed E-state index contributed by atoms with van der Waals surface area (Å²) >= 11 is 0. The number of methoxy groups -OCH3 is 1. The number of amides is 1. The number of pyridine rings is 1. The summed E-state index contributed by atoms with van der Waals surface area (Å²) < 4.78 is 10.5. The Balaban J connectivity index is 1.63. The summed E-state index contributed by atoms with van der Waals surface area (Å²) in [5.74, 6) is -1.58. The Morgan fingerprint density at radius 3 is 2.42 bits per heavy atom. The molecular weight excluding hydrogens is 420 g/mol. The van der Waals surface area contributed by atoms with E-state index < -0.39 is 29.8 Å². The molecule has 0 bridgehead atoms. The van der Waals surface area contributed by atoms with Crippen LogP contribution >= 0.6 is 0 Å². The number of aromatic nitrogens is 1. The first-order chi connectivity index (χ1) is 15.8. The maximum Gasteiger partial charge on any atom is 0.328 e. The Morgan fingerprint density at radius 1 is 1.06 bits per heavy atom. The van der Waals surface area contributed by atoms with Crippen molar-refractivity contribution in [3.63, 3.8) is 0 Å². The van der Waals surface area contributed by atoms with Gasteiger partial charge in [0.05, 0.1) is 7.11 Å². The van der Waals surface area contributed by atoms with E-state index in [1.54, 1.807) is 6.92 Å². The summed E-state index contributed by atoms with van der Waals surface area (Å²) in [6, 6.07) is 16.6. The van der Waals surface area contributed by atoms with E-state index in [4.69, 9.17) is 9.47 Å². The van der Waals surface area contributed by atoms with Gasteiger partial charge < -0.3 is 19.9 Å². The predicted molar refractivity (Wildman–Crippen MR) is 125 cm³/mol. The number of aryl methyl sites for hydroxylation is 1. The SMILES string of the molecule is CCc1ccccc1-c1ccc([C@H](C)OC(=O)[C@H](C)NC(=O)c2nccc(OC)c2O)cc1. The summed E-state index contributed by atoms with van der Waals surface area (Å²) in [6.45, 7) is 5.41. The number of nitrogens with one attached hydrogen (secondary N) is 1. The van der Waals surface area contributed by atoms with Gasteiger partial charge in [0, 0.05) is 12.3 Å². The largest absolute Gasteiger partial charge is 0.503 e. The molecule has 3 rings (SSSR count). The smallest absolute Gasteiger partial charge is 0.328 e. The lowest BCUT2D eigenvalue weighted by Gasteiger charge is -2.18. The van der Waals surface area contributed by atoms with Gasteiger partial charge in [-0.05, 0) is 42.5 Å². The molecule has 0 radical (unpaired) electrons. The summed E-state index contributed by atoms with van der Waals surface area (Å²) in [5, 5.41) is 12.6. The Kier molecular flexibility index (Phi) is 7.66. The van der Waals surface area contributed by atoms with Crippen molar-refractivity contribution in [2.75, 3.05) is 7.11 Å². The van der Waals surface area contributed by atoms with Gasteiger partial charge in [-0.15, -0.1) is 0 Å². The molecule has 2 atom stereocenters. The number of hydrogen-bond acceptors (Lipinski definition) is 6. The van der Waals surface area contributed by atoms with Gasteiger partial charge in [0.2, 0.25) is 0 Å². The molecule has 33 heavy (non-hydrogen) atoms.